The lowest BCUT2D eigenvalue weighted by molar-refractivity contribution is -0.161. The zero-order chi connectivity index (χ0) is 16.4. The highest BCUT2D eigenvalue weighted by molar-refractivity contribution is 9.10. The third kappa shape index (κ3) is 3.15. The van der Waals surface area contributed by atoms with Gasteiger partial charge in [0.1, 0.15) is 0 Å². The first-order valence-electron chi connectivity index (χ1n) is 7.93. The van der Waals surface area contributed by atoms with Crippen LogP contribution in [0.4, 0.5) is 0 Å². The Morgan fingerprint density at radius 1 is 1.22 bits per heavy atom. The monoisotopic (exact) mass is 381 g/mol. The van der Waals surface area contributed by atoms with E-state index in [2.05, 4.69) is 15.9 Å². The topological polar surface area (TPSA) is 66.8 Å². The molecule has 1 aromatic carbocycles. The number of carbonyl (C=O) groups excluding carboxylic acids is 1. The maximum absolute atomic E-state index is 13.2. The van der Waals surface area contributed by atoms with Crippen LogP contribution in [0.2, 0.25) is 0 Å². The van der Waals surface area contributed by atoms with E-state index in [0.29, 0.717) is 6.54 Å². The van der Waals surface area contributed by atoms with E-state index in [9.17, 15) is 9.59 Å². The molecule has 1 heterocycles. The highest BCUT2D eigenvalue weighted by Gasteiger charge is 2.46. The molecule has 1 aromatic rings. The number of halogens is 1. The second-order valence-electron chi connectivity index (χ2n) is 6.24. The summed E-state index contributed by atoms with van der Waals surface area (Å²) in [5, 5.41) is 9.15. The minimum absolute atomic E-state index is 0.0480. The maximum Gasteiger partial charge on any atom is 0.334 e. The number of nitrogens with zero attached hydrogens (tertiary/aromatic N) is 1. The van der Waals surface area contributed by atoms with Crippen molar-refractivity contribution >= 4 is 27.8 Å². The lowest BCUT2D eigenvalue weighted by Gasteiger charge is -2.38. The van der Waals surface area contributed by atoms with Crippen molar-refractivity contribution in [2.45, 2.75) is 37.2 Å². The molecule has 0 spiro atoms. The van der Waals surface area contributed by atoms with Crippen LogP contribution in [0, 0.1) is 0 Å². The van der Waals surface area contributed by atoms with E-state index in [0.717, 1.165) is 35.7 Å². The summed E-state index contributed by atoms with van der Waals surface area (Å²) in [4.78, 5) is 26.1. The van der Waals surface area contributed by atoms with Gasteiger partial charge in [0.05, 0.1) is 18.6 Å². The van der Waals surface area contributed by atoms with Crippen LogP contribution < -0.4 is 0 Å². The van der Waals surface area contributed by atoms with Gasteiger partial charge in [0.15, 0.2) is 6.10 Å². The van der Waals surface area contributed by atoms with Gasteiger partial charge >= 0.3 is 5.97 Å². The summed E-state index contributed by atoms with van der Waals surface area (Å²) in [5.74, 6) is -0.960. The van der Waals surface area contributed by atoms with Crippen molar-refractivity contribution < 1.29 is 19.4 Å². The minimum Gasteiger partial charge on any atom is -0.479 e. The number of amides is 1. The standard InChI is InChI=1S/C17H20BrNO4/c18-13-5-3-12(4-6-13)17(7-1-2-8-17)16(22)19-9-10-23-14(11-19)15(20)21/h3-6,14H,1-2,7-11H2,(H,20,21). The molecule has 1 amide bonds. The average Bonchev–Trinajstić information content (AvgIpc) is 3.06. The van der Waals surface area contributed by atoms with Crippen LogP contribution in [-0.2, 0) is 19.7 Å². The lowest BCUT2D eigenvalue weighted by atomic mass is 9.77. The molecule has 1 aliphatic carbocycles. The number of carboxylic acid groups (broad SMARTS) is 1. The fourth-order valence-corrected chi connectivity index (χ4v) is 3.92. The molecule has 1 aliphatic heterocycles. The Morgan fingerprint density at radius 3 is 2.48 bits per heavy atom. The number of benzene rings is 1. The third-order valence-corrected chi connectivity index (χ3v) is 5.42. The van der Waals surface area contributed by atoms with Crippen LogP contribution in [0.1, 0.15) is 31.2 Å². The summed E-state index contributed by atoms with van der Waals surface area (Å²) < 4.78 is 6.22. The molecule has 1 saturated heterocycles. The molecule has 0 bridgehead atoms. The molecule has 5 nitrogen and oxygen atoms in total. The van der Waals surface area contributed by atoms with Gasteiger partial charge in [-0.15, -0.1) is 0 Å². The number of morpholine rings is 1. The van der Waals surface area contributed by atoms with Crippen molar-refractivity contribution in [1.82, 2.24) is 4.90 Å². The summed E-state index contributed by atoms with van der Waals surface area (Å²) in [6.07, 6.45) is 2.77. The molecule has 1 atom stereocenters. The number of ether oxygens (including phenoxy) is 1. The van der Waals surface area contributed by atoms with Gasteiger partial charge in [-0.3, -0.25) is 4.79 Å². The summed E-state index contributed by atoms with van der Waals surface area (Å²) in [7, 11) is 0. The first kappa shape index (κ1) is 16.5. The molecule has 2 aliphatic rings. The van der Waals surface area contributed by atoms with Crippen LogP contribution >= 0.6 is 15.9 Å². The van der Waals surface area contributed by atoms with Crippen molar-refractivity contribution in [3.8, 4) is 0 Å². The van der Waals surface area contributed by atoms with Crippen LogP contribution in [0.3, 0.4) is 0 Å². The van der Waals surface area contributed by atoms with Crippen molar-refractivity contribution in [2.24, 2.45) is 0 Å². The average molecular weight is 382 g/mol. The number of carbonyl (C=O) groups is 2. The van der Waals surface area contributed by atoms with E-state index in [1.807, 2.05) is 24.3 Å². The van der Waals surface area contributed by atoms with Crippen LogP contribution in [0.25, 0.3) is 0 Å². The van der Waals surface area contributed by atoms with Gasteiger partial charge in [0.2, 0.25) is 5.91 Å². The normalized spacial score (nSPS) is 23.7. The molecule has 2 fully saturated rings. The number of carboxylic acids is 1. The largest absolute Gasteiger partial charge is 0.479 e. The number of hydrogen-bond donors (Lipinski definition) is 1. The number of rotatable bonds is 3. The first-order chi connectivity index (χ1) is 11.0. The Balaban J connectivity index is 1.87. The van der Waals surface area contributed by atoms with E-state index in [4.69, 9.17) is 9.84 Å². The third-order valence-electron chi connectivity index (χ3n) is 4.89. The molecule has 0 radical (unpaired) electrons. The fraction of sp³-hybridized carbons (Fsp3) is 0.529. The summed E-state index contributed by atoms with van der Waals surface area (Å²) >= 11 is 3.43. The highest BCUT2D eigenvalue weighted by atomic mass is 79.9. The summed E-state index contributed by atoms with van der Waals surface area (Å²) in [6.45, 7) is 0.868. The minimum atomic E-state index is -1.01. The van der Waals surface area contributed by atoms with Crippen LogP contribution in [0.15, 0.2) is 28.7 Å². The van der Waals surface area contributed by atoms with E-state index in [-0.39, 0.29) is 19.1 Å². The van der Waals surface area contributed by atoms with Gasteiger partial charge in [-0.05, 0) is 30.5 Å². The molecule has 1 unspecified atom stereocenters. The van der Waals surface area contributed by atoms with Crippen LogP contribution in [0.5, 0.6) is 0 Å². The van der Waals surface area contributed by atoms with Gasteiger partial charge in [-0.25, -0.2) is 4.79 Å². The van der Waals surface area contributed by atoms with Crippen molar-refractivity contribution in [3.05, 3.63) is 34.3 Å². The quantitative estimate of drug-likeness (QED) is 0.873. The molecule has 1 N–H and O–H groups in total. The molecular formula is C17H20BrNO4. The van der Waals surface area contributed by atoms with E-state index in [1.165, 1.54) is 0 Å². The Hall–Kier alpha value is -1.40. The molecule has 1 saturated carbocycles. The van der Waals surface area contributed by atoms with E-state index >= 15 is 0 Å². The molecule has 0 aromatic heterocycles. The Morgan fingerprint density at radius 2 is 1.87 bits per heavy atom. The van der Waals surface area contributed by atoms with Crippen LogP contribution in [-0.4, -0.2) is 47.7 Å². The van der Waals surface area contributed by atoms with Crippen molar-refractivity contribution in [3.63, 3.8) is 0 Å². The Kier molecular flexibility index (Phi) is 4.73. The van der Waals surface area contributed by atoms with Gasteiger partial charge in [0, 0.05) is 11.0 Å². The van der Waals surface area contributed by atoms with Crippen molar-refractivity contribution in [1.29, 1.82) is 0 Å². The van der Waals surface area contributed by atoms with Gasteiger partial charge in [-0.1, -0.05) is 40.9 Å². The highest BCUT2D eigenvalue weighted by Crippen LogP contribution is 2.43. The van der Waals surface area contributed by atoms with Crippen molar-refractivity contribution in [2.75, 3.05) is 19.7 Å². The van der Waals surface area contributed by atoms with Gasteiger partial charge in [0.25, 0.3) is 0 Å². The zero-order valence-corrected chi connectivity index (χ0v) is 14.4. The van der Waals surface area contributed by atoms with Gasteiger partial charge < -0.3 is 14.7 Å². The Bertz CT molecular complexity index is 595. The zero-order valence-electron chi connectivity index (χ0n) is 12.8. The molecular weight excluding hydrogens is 362 g/mol. The second-order valence-corrected chi connectivity index (χ2v) is 7.16. The van der Waals surface area contributed by atoms with E-state index in [1.54, 1.807) is 4.90 Å². The summed E-state index contributed by atoms with van der Waals surface area (Å²) in [5.41, 5.74) is 0.516. The number of aliphatic carboxylic acids is 1. The molecule has 6 heteroatoms. The Labute approximate surface area is 143 Å². The SMILES string of the molecule is O=C(O)C1CN(C(=O)C2(c3ccc(Br)cc3)CCCC2)CCO1. The maximum atomic E-state index is 13.2. The fourth-order valence-electron chi connectivity index (χ4n) is 3.66. The molecule has 124 valence electrons. The predicted molar refractivity (Wildman–Crippen MR) is 88.2 cm³/mol. The second kappa shape index (κ2) is 6.61. The summed E-state index contributed by atoms with van der Waals surface area (Å²) in [6, 6.07) is 7.93. The number of hydrogen-bond acceptors (Lipinski definition) is 3. The van der Waals surface area contributed by atoms with E-state index < -0.39 is 17.5 Å². The molecule has 3 rings (SSSR count). The predicted octanol–water partition coefficient (Wildman–Crippen LogP) is 2.57. The lowest BCUT2D eigenvalue weighted by Crippen LogP contribution is -2.54. The first-order valence-corrected chi connectivity index (χ1v) is 8.72. The smallest absolute Gasteiger partial charge is 0.334 e. The molecule has 23 heavy (non-hydrogen) atoms. The van der Waals surface area contributed by atoms with Gasteiger partial charge in [-0.2, -0.15) is 0 Å².